The van der Waals surface area contributed by atoms with Gasteiger partial charge in [0.15, 0.2) is 0 Å². The second-order valence-corrected chi connectivity index (χ2v) is 5.54. The lowest BCUT2D eigenvalue weighted by molar-refractivity contribution is -0.137. The van der Waals surface area contributed by atoms with E-state index < -0.39 is 5.97 Å². The highest BCUT2D eigenvalue weighted by Gasteiger charge is 2.07. The van der Waals surface area contributed by atoms with Crippen LogP contribution in [-0.4, -0.2) is 35.5 Å². The summed E-state index contributed by atoms with van der Waals surface area (Å²) in [5.74, 6) is -0.479. The summed E-state index contributed by atoms with van der Waals surface area (Å²) in [5, 5.41) is 8.51. The van der Waals surface area contributed by atoms with E-state index >= 15 is 0 Å². The van der Waals surface area contributed by atoms with E-state index in [1.54, 1.807) is 0 Å². The summed E-state index contributed by atoms with van der Waals surface area (Å²) >= 11 is 0. The molecule has 0 aliphatic carbocycles. The smallest absolute Gasteiger partial charge is 0.303 e. The van der Waals surface area contributed by atoms with E-state index in [4.69, 9.17) is 5.11 Å². The fraction of sp³-hybridized carbons (Fsp3) is 0.875. The van der Waals surface area contributed by atoms with Gasteiger partial charge in [0.1, 0.15) is 0 Å². The maximum atomic E-state index is 11.8. The maximum Gasteiger partial charge on any atom is 0.303 e. The Labute approximate surface area is 123 Å². The predicted octanol–water partition coefficient (Wildman–Crippen LogP) is 3.84. The topological polar surface area (TPSA) is 57.6 Å². The Balaban J connectivity index is 3.43. The third-order valence-electron chi connectivity index (χ3n) is 3.55. The zero-order chi connectivity index (χ0) is 15.2. The molecule has 0 fully saturated rings. The molecule has 0 aliphatic heterocycles. The predicted molar refractivity (Wildman–Crippen MR) is 81.7 cm³/mol. The number of unbranched alkanes of at least 4 members (excludes halogenated alkanes) is 7. The minimum atomic E-state index is -0.722. The number of carboxylic acid groups (broad SMARTS) is 1. The summed E-state index contributed by atoms with van der Waals surface area (Å²) in [5.41, 5.74) is 0. The molecule has 20 heavy (non-hydrogen) atoms. The van der Waals surface area contributed by atoms with Crippen molar-refractivity contribution in [3.8, 4) is 0 Å². The molecule has 0 bridgehead atoms. The van der Waals surface area contributed by atoms with E-state index in [-0.39, 0.29) is 12.3 Å². The first kappa shape index (κ1) is 18.9. The van der Waals surface area contributed by atoms with Gasteiger partial charge in [0, 0.05) is 26.4 Å². The minimum absolute atomic E-state index is 0.243. The Kier molecular flexibility index (Phi) is 12.3. The van der Waals surface area contributed by atoms with Crippen molar-refractivity contribution in [3.63, 3.8) is 0 Å². The van der Waals surface area contributed by atoms with Gasteiger partial charge in [-0.25, -0.2) is 0 Å². The molecule has 0 aromatic heterocycles. The van der Waals surface area contributed by atoms with Crippen LogP contribution < -0.4 is 0 Å². The van der Waals surface area contributed by atoms with Crippen LogP contribution in [0.4, 0.5) is 0 Å². The van der Waals surface area contributed by atoms with E-state index in [0.717, 1.165) is 45.1 Å². The largest absolute Gasteiger partial charge is 0.481 e. The van der Waals surface area contributed by atoms with Gasteiger partial charge < -0.3 is 10.0 Å². The monoisotopic (exact) mass is 285 g/mol. The first-order chi connectivity index (χ1) is 9.57. The van der Waals surface area contributed by atoms with Crippen molar-refractivity contribution in [2.24, 2.45) is 0 Å². The number of hydrogen-bond acceptors (Lipinski definition) is 2. The highest BCUT2D eigenvalue weighted by atomic mass is 16.4. The second kappa shape index (κ2) is 12.9. The van der Waals surface area contributed by atoms with Crippen LogP contribution >= 0.6 is 0 Å². The summed E-state index contributed by atoms with van der Waals surface area (Å²) in [6.45, 7) is 2.98. The lowest BCUT2D eigenvalue weighted by atomic mass is 10.1. The fourth-order valence-corrected chi connectivity index (χ4v) is 2.17. The number of amides is 1. The highest BCUT2D eigenvalue weighted by Crippen LogP contribution is 2.08. The molecule has 0 radical (unpaired) electrons. The Morgan fingerprint density at radius 2 is 1.40 bits per heavy atom. The van der Waals surface area contributed by atoms with Crippen LogP contribution in [0.5, 0.6) is 0 Å². The summed E-state index contributed by atoms with van der Waals surface area (Å²) in [7, 11) is 1.87. The van der Waals surface area contributed by atoms with Crippen LogP contribution in [0.15, 0.2) is 0 Å². The number of hydrogen-bond donors (Lipinski definition) is 1. The third kappa shape index (κ3) is 12.0. The van der Waals surface area contributed by atoms with Crippen molar-refractivity contribution in [1.29, 1.82) is 0 Å². The average Bonchev–Trinajstić information content (AvgIpc) is 2.41. The summed E-state index contributed by atoms with van der Waals surface area (Å²) in [6, 6.07) is 0. The maximum absolute atomic E-state index is 11.8. The lowest BCUT2D eigenvalue weighted by Crippen LogP contribution is -2.27. The van der Waals surface area contributed by atoms with Crippen LogP contribution in [0.1, 0.15) is 77.6 Å². The molecule has 0 aromatic carbocycles. The van der Waals surface area contributed by atoms with Crippen LogP contribution in [0, 0.1) is 0 Å². The Morgan fingerprint density at radius 3 is 2.00 bits per heavy atom. The van der Waals surface area contributed by atoms with E-state index in [2.05, 4.69) is 6.92 Å². The number of rotatable bonds is 13. The summed E-state index contributed by atoms with van der Waals surface area (Å²) < 4.78 is 0. The summed E-state index contributed by atoms with van der Waals surface area (Å²) in [4.78, 5) is 24.0. The zero-order valence-corrected chi connectivity index (χ0v) is 13.2. The van der Waals surface area contributed by atoms with Crippen molar-refractivity contribution in [2.45, 2.75) is 77.6 Å². The molecule has 118 valence electrons. The van der Waals surface area contributed by atoms with Crippen LogP contribution in [0.2, 0.25) is 0 Å². The van der Waals surface area contributed by atoms with Gasteiger partial charge in [-0.05, 0) is 19.3 Å². The number of aliphatic carboxylic acids is 1. The van der Waals surface area contributed by atoms with E-state index in [1.807, 2.05) is 11.9 Å². The Hall–Kier alpha value is -1.06. The van der Waals surface area contributed by atoms with E-state index in [1.165, 1.54) is 19.3 Å². The molecule has 0 aromatic rings. The average molecular weight is 285 g/mol. The van der Waals surface area contributed by atoms with E-state index in [9.17, 15) is 9.59 Å². The molecule has 0 heterocycles. The molecule has 4 nitrogen and oxygen atoms in total. The fourth-order valence-electron chi connectivity index (χ4n) is 2.17. The Morgan fingerprint density at radius 1 is 0.850 bits per heavy atom. The number of carbonyl (C=O) groups is 2. The molecule has 1 amide bonds. The zero-order valence-electron chi connectivity index (χ0n) is 13.2. The van der Waals surface area contributed by atoms with Crippen LogP contribution in [0.25, 0.3) is 0 Å². The van der Waals surface area contributed by atoms with Crippen molar-refractivity contribution < 1.29 is 14.7 Å². The molecule has 0 aliphatic rings. The Bertz CT molecular complexity index is 266. The first-order valence-electron chi connectivity index (χ1n) is 8.03. The van der Waals surface area contributed by atoms with Crippen molar-refractivity contribution in [1.82, 2.24) is 4.90 Å². The molecular weight excluding hydrogens is 254 g/mol. The van der Waals surface area contributed by atoms with Crippen LogP contribution in [-0.2, 0) is 9.59 Å². The lowest BCUT2D eigenvalue weighted by Gasteiger charge is -2.17. The normalized spacial score (nSPS) is 10.5. The number of carbonyl (C=O) groups excluding carboxylic acids is 1. The van der Waals surface area contributed by atoms with Crippen molar-refractivity contribution in [3.05, 3.63) is 0 Å². The molecule has 0 saturated heterocycles. The number of nitrogens with zero attached hydrogens (tertiary/aromatic N) is 1. The van der Waals surface area contributed by atoms with Gasteiger partial charge in [0.25, 0.3) is 0 Å². The minimum Gasteiger partial charge on any atom is -0.481 e. The molecule has 0 rings (SSSR count). The second-order valence-electron chi connectivity index (χ2n) is 5.54. The van der Waals surface area contributed by atoms with Gasteiger partial charge in [-0.1, -0.05) is 45.4 Å². The van der Waals surface area contributed by atoms with Crippen LogP contribution in [0.3, 0.4) is 0 Å². The molecule has 0 unspecified atom stereocenters. The molecule has 0 saturated carbocycles. The van der Waals surface area contributed by atoms with Crippen molar-refractivity contribution in [2.75, 3.05) is 13.6 Å². The van der Waals surface area contributed by atoms with Gasteiger partial charge in [0.2, 0.25) is 5.91 Å². The van der Waals surface area contributed by atoms with Gasteiger partial charge in [-0.2, -0.15) is 0 Å². The molecule has 0 atom stereocenters. The van der Waals surface area contributed by atoms with Gasteiger partial charge >= 0.3 is 5.97 Å². The van der Waals surface area contributed by atoms with Gasteiger partial charge in [-0.15, -0.1) is 0 Å². The SMILES string of the molecule is CCCCCCCC(=O)N(C)CCCCCCC(=O)O. The quantitative estimate of drug-likeness (QED) is 0.523. The first-order valence-corrected chi connectivity index (χ1v) is 8.03. The van der Waals surface area contributed by atoms with Crippen molar-refractivity contribution >= 4 is 11.9 Å². The highest BCUT2D eigenvalue weighted by molar-refractivity contribution is 5.75. The standard InChI is InChI=1S/C16H31NO3/c1-3-4-5-6-9-12-15(18)17(2)14-11-8-7-10-13-16(19)20/h3-14H2,1-2H3,(H,19,20). The molecule has 1 N–H and O–H groups in total. The molecule has 4 heteroatoms. The summed E-state index contributed by atoms with van der Waals surface area (Å²) in [6.07, 6.45) is 10.5. The molecular formula is C16H31NO3. The number of carboxylic acids is 1. The van der Waals surface area contributed by atoms with Gasteiger partial charge in [-0.3, -0.25) is 9.59 Å². The molecule has 0 spiro atoms. The van der Waals surface area contributed by atoms with Gasteiger partial charge in [0.05, 0.1) is 0 Å². The third-order valence-corrected chi connectivity index (χ3v) is 3.55. The van der Waals surface area contributed by atoms with E-state index in [0.29, 0.717) is 6.42 Å².